The van der Waals surface area contributed by atoms with E-state index in [-0.39, 0.29) is 0 Å². The molecule has 0 radical (unpaired) electrons. The normalized spacial score (nSPS) is 24.1. The van der Waals surface area contributed by atoms with Gasteiger partial charge in [0.05, 0.1) is 0 Å². The highest BCUT2D eigenvalue weighted by molar-refractivity contribution is 8.07. The second kappa shape index (κ2) is 7.03. The molecule has 0 spiro atoms. The standard InChI is InChI=1S/C17H22N2S2/c1-3-19-16(17-12(2)20-9-10-21-17)15-6-4-5-13-11-18-8-7-14(13)15/h4-8,11-12,16-17,19H,3,9-10H2,1-2H3. The van der Waals surface area contributed by atoms with Gasteiger partial charge in [-0.3, -0.25) is 4.98 Å². The molecule has 1 aromatic carbocycles. The Bertz CT molecular complexity index is 597. The summed E-state index contributed by atoms with van der Waals surface area (Å²) in [6.07, 6.45) is 3.87. The van der Waals surface area contributed by atoms with Gasteiger partial charge in [0.1, 0.15) is 0 Å². The summed E-state index contributed by atoms with van der Waals surface area (Å²) in [4.78, 5) is 4.26. The number of fused-ring (bicyclic) bond motifs is 1. The van der Waals surface area contributed by atoms with Crippen molar-refractivity contribution in [1.29, 1.82) is 0 Å². The third-order valence-electron chi connectivity index (χ3n) is 4.04. The summed E-state index contributed by atoms with van der Waals surface area (Å²) < 4.78 is 0. The number of thioether (sulfide) groups is 2. The van der Waals surface area contributed by atoms with Gasteiger partial charge in [-0.1, -0.05) is 32.0 Å². The lowest BCUT2D eigenvalue weighted by Crippen LogP contribution is -2.37. The average molecular weight is 319 g/mol. The van der Waals surface area contributed by atoms with E-state index in [0.717, 1.165) is 6.54 Å². The van der Waals surface area contributed by atoms with Crippen LogP contribution in [0.3, 0.4) is 0 Å². The van der Waals surface area contributed by atoms with E-state index in [1.54, 1.807) is 0 Å². The van der Waals surface area contributed by atoms with Crippen LogP contribution in [0.5, 0.6) is 0 Å². The van der Waals surface area contributed by atoms with Gasteiger partial charge in [-0.15, -0.1) is 0 Å². The van der Waals surface area contributed by atoms with E-state index < -0.39 is 0 Å². The maximum absolute atomic E-state index is 4.26. The molecule has 1 saturated heterocycles. The van der Waals surface area contributed by atoms with Crippen molar-refractivity contribution in [3.8, 4) is 0 Å². The lowest BCUT2D eigenvalue weighted by atomic mass is 9.96. The molecule has 1 fully saturated rings. The van der Waals surface area contributed by atoms with Crippen LogP contribution in [0, 0.1) is 0 Å². The number of pyridine rings is 1. The van der Waals surface area contributed by atoms with E-state index in [1.807, 2.05) is 12.4 Å². The van der Waals surface area contributed by atoms with Crippen LogP contribution in [0.4, 0.5) is 0 Å². The molecular weight excluding hydrogens is 296 g/mol. The van der Waals surface area contributed by atoms with Crippen LogP contribution in [-0.4, -0.2) is 33.5 Å². The van der Waals surface area contributed by atoms with Crippen molar-refractivity contribution in [3.05, 3.63) is 42.2 Å². The first-order valence-electron chi connectivity index (χ1n) is 7.60. The van der Waals surface area contributed by atoms with Gasteiger partial charge in [0.15, 0.2) is 0 Å². The number of aromatic nitrogens is 1. The largest absolute Gasteiger partial charge is 0.309 e. The molecule has 3 unspecified atom stereocenters. The van der Waals surface area contributed by atoms with Gasteiger partial charge in [0.2, 0.25) is 0 Å². The fraction of sp³-hybridized carbons (Fsp3) is 0.471. The quantitative estimate of drug-likeness (QED) is 0.916. The molecule has 2 aromatic rings. The maximum Gasteiger partial charge on any atom is 0.0457 e. The Morgan fingerprint density at radius 1 is 1.29 bits per heavy atom. The van der Waals surface area contributed by atoms with Crippen LogP contribution in [0.1, 0.15) is 25.5 Å². The molecule has 0 amide bonds. The number of nitrogens with zero attached hydrogens (tertiary/aromatic N) is 1. The van der Waals surface area contributed by atoms with Crippen molar-refractivity contribution >= 4 is 34.3 Å². The number of rotatable bonds is 4. The number of nitrogens with one attached hydrogen (secondary N) is 1. The monoisotopic (exact) mass is 318 g/mol. The first-order valence-corrected chi connectivity index (χ1v) is 9.70. The van der Waals surface area contributed by atoms with E-state index in [2.05, 4.69) is 71.9 Å². The van der Waals surface area contributed by atoms with Crippen LogP contribution >= 0.6 is 23.5 Å². The highest BCUT2D eigenvalue weighted by Crippen LogP contribution is 2.40. The van der Waals surface area contributed by atoms with Crippen molar-refractivity contribution in [2.75, 3.05) is 18.1 Å². The molecule has 1 N–H and O–H groups in total. The van der Waals surface area contributed by atoms with Gasteiger partial charge in [0.25, 0.3) is 0 Å². The van der Waals surface area contributed by atoms with E-state index in [4.69, 9.17) is 0 Å². The topological polar surface area (TPSA) is 24.9 Å². The van der Waals surface area contributed by atoms with Crippen LogP contribution in [0.2, 0.25) is 0 Å². The van der Waals surface area contributed by atoms with Gasteiger partial charge in [-0.2, -0.15) is 23.5 Å². The fourth-order valence-electron chi connectivity index (χ4n) is 3.06. The van der Waals surface area contributed by atoms with Crippen LogP contribution in [0.15, 0.2) is 36.7 Å². The second-order valence-electron chi connectivity index (χ2n) is 5.39. The van der Waals surface area contributed by atoms with Crippen molar-refractivity contribution in [2.24, 2.45) is 0 Å². The lowest BCUT2D eigenvalue weighted by molar-refractivity contribution is 0.529. The molecule has 3 rings (SSSR count). The van der Waals surface area contributed by atoms with Crippen molar-refractivity contribution in [1.82, 2.24) is 10.3 Å². The molecule has 0 bridgehead atoms. The lowest BCUT2D eigenvalue weighted by Gasteiger charge is -2.35. The zero-order chi connectivity index (χ0) is 14.7. The predicted octanol–water partition coefficient (Wildman–Crippen LogP) is 4.12. The minimum Gasteiger partial charge on any atom is -0.309 e. The number of hydrogen-bond acceptors (Lipinski definition) is 4. The van der Waals surface area contributed by atoms with Gasteiger partial charge in [-0.25, -0.2) is 0 Å². The zero-order valence-corrected chi connectivity index (χ0v) is 14.2. The summed E-state index contributed by atoms with van der Waals surface area (Å²) in [6, 6.07) is 9.16. The SMILES string of the molecule is CCNC(c1cccc2cnccc12)C1SCCSC1C. The molecule has 0 aliphatic carbocycles. The minimum atomic E-state index is 0.411. The molecule has 1 aliphatic heterocycles. The summed E-state index contributed by atoms with van der Waals surface area (Å²) in [5.41, 5.74) is 1.42. The van der Waals surface area contributed by atoms with Gasteiger partial charge >= 0.3 is 0 Å². The highest BCUT2D eigenvalue weighted by atomic mass is 32.2. The fourth-order valence-corrected chi connectivity index (χ4v) is 6.00. The van der Waals surface area contributed by atoms with Gasteiger partial charge < -0.3 is 5.32 Å². The Morgan fingerprint density at radius 3 is 2.95 bits per heavy atom. The maximum atomic E-state index is 4.26. The first kappa shape index (κ1) is 15.2. The van der Waals surface area contributed by atoms with Crippen LogP contribution in [-0.2, 0) is 0 Å². The molecule has 2 nitrogen and oxygen atoms in total. The Morgan fingerprint density at radius 2 is 2.14 bits per heavy atom. The third kappa shape index (κ3) is 3.22. The predicted molar refractivity (Wildman–Crippen MR) is 96.3 cm³/mol. The third-order valence-corrected chi connectivity index (χ3v) is 7.23. The second-order valence-corrected chi connectivity index (χ2v) is 8.16. The Labute approximate surface area is 135 Å². The number of hydrogen-bond donors (Lipinski definition) is 1. The molecule has 1 aromatic heterocycles. The first-order chi connectivity index (χ1) is 10.3. The Hall–Kier alpha value is -0.710. The zero-order valence-electron chi connectivity index (χ0n) is 12.6. The summed E-state index contributed by atoms with van der Waals surface area (Å²) in [5.74, 6) is 2.54. The number of benzene rings is 1. The molecule has 112 valence electrons. The molecule has 0 saturated carbocycles. The Balaban J connectivity index is 2.02. The summed E-state index contributed by atoms with van der Waals surface area (Å²) >= 11 is 4.23. The molecular formula is C17H22N2S2. The summed E-state index contributed by atoms with van der Waals surface area (Å²) in [7, 11) is 0. The molecule has 21 heavy (non-hydrogen) atoms. The summed E-state index contributed by atoms with van der Waals surface area (Å²) in [5, 5.41) is 7.62. The smallest absolute Gasteiger partial charge is 0.0457 e. The van der Waals surface area contributed by atoms with Crippen molar-refractivity contribution in [3.63, 3.8) is 0 Å². The highest BCUT2D eigenvalue weighted by Gasteiger charge is 2.31. The molecule has 1 aliphatic rings. The van der Waals surface area contributed by atoms with Crippen molar-refractivity contribution < 1.29 is 0 Å². The van der Waals surface area contributed by atoms with E-state index in [1.165, 1.54) is 27.8 Å². The van der Waals surface area contributed by atoms with Gasteiger partial charge in [-0.05, 0) is 23.6 Å². The van der Waals surface area contributed by atoms with E-state index >= 15 is 0 Å². The van der Waals surface area contributed by atoms with E-state index in [9.17, 15) is 0 Å². The van der Waals surface area contributed by atoms with Crippen LogP contribution < -0.4 is 5.32 Å². The average Bonchev–Trinajstić information content (AvgIpc) is 2.53. The van der Waals surface area contributed by atoms with Crippen LogP contribution in [0.25, 0.3) is 10.8 Å². The Kier molecular flexibility index (Phi) is 5.09. The summed E-state index contributed by atoms with van der Waals surface area (Å²) in [6.45, 7) is 5.57. The van der Waals surface area contributed by atoms with Gasteiger partial charge in [0, 0.05) is 45.8 Å². The van der Waals surface area contributed by atoms with E-state index in [0.29, 0.717) is 16.5 Å². The molecule has 4 heteroatoms. The molecule has 3 atom stereocenters. The van der Waals surface area contributed by atoms with Crippen molar-refractivity contribution in [2.45, 2.75) is 30.4 Å². The minimum absolute atomic E-state index is 0.411. The molecule has 2 heterocycles.